The molecule has 1 aliphatic rings. The second kappa shape index (κ2) is 10.0. The van der Waals surface area contributed by atoms with Crippen molar-refractivity contribution in [2.45, 2.75) is 44.3 Å². The van der Waals surface area contributed by atoms with Gasteiger partial charge < -0.3 is 14.8 Å². The molecule has 0 aliphatic heterocycles. The van der Waals surface area contributed by atoms with E-state index in [4.69, 9.17) is 0 Å². The van der Waals surface area contributed by atoms with E-state index in [-0.39, 0.29) is 30.2 Å². The van der Waals surface area contributed by atoms with E-state index in [1.165, 1.54) is 12.1 Å². The van der Waals surface area contributed by atoms with E-state index >= 15 is 0 Å². The first-order valence-electron chi connectivity index (χ1n) is 11.9. The molecule has 0 radical (unpaired) electrons. The van der Waals surface area contributed by atoms with Gasteiger partial charge in [-0.25, -0.2) is 4.39 Å². The Balaban J connectivity index is 1.57. The van der Waals surface area contributed by atoms with Gasteiger partial charge in [0.15, 0.2) is 0 Å². The number of carbonyl (C=O) groups excluding carboxylic acids is 2. The minimum atomic E-state index is -0.817. The van der Waals surface area contributed by atoms with Crippen LogP contribution in [0, 0.1) is 5.82 Å². The summed E-state index contributed by atoms with van der Waals surface area (Å²) in [6, 6.07) is 18.7. The second-order valence-electron chi connectivity index (χ2n) is 9.12. The number of hydrogen-bond donors (Lipinski definition) is 1. The smallest absolute Gasteiger partial charge is 0.271 e. The maximum atomic E-state index is 14.1. The summed E-state index contributed by atoms with van der Waals surface area (Å²) in [5.74, 6) is -0.766. The summed E-state index contributed by atoms with van der Waals surface area (Å²) in [6.45, 7) is 0.176. The van der Waals surface area contributed by atoms with Gasteiger partial charge in [0.1, 0.15) is 17.6 Å². The van der Waals surface area contributed by atoms with Gasteiger partial charge in [-0.1, -0.05) is 55.3 Å². The van der Waals surface area contributed by atoms with Crippen LogP contribution in [0.3, 0.4) is 0 Å². The zero-order valence-corrected chi connectivity index (χ0v) is 20.4. The minimum Gasteiger partial charge on any atom is -0.351 e. The van der Waals surface area contributed by atoms with Gasteiger partial charge in [0, 0.05) is 19.6 Å². The average Bonchev–Trinajstić information content (AvgIpc) is 3.60. The summed E-state index contributed by atoms with van der Waals surface area (Å²) in [6.07, 6.45) is 4.10. The average molecular weight is 490 g/mol. The minimum absolute atomic E-state index is 0.122. The molecular formula is C28H28FN3O2S. The molecule has 5 rings (SSSR count). The Kier molecular flexibility index (Phi) is 6.68. The Hall–Kier alpha value is -3.45. The van der Waals surface area contributed by atoms with Crippen molar-refractivity contribution in [3.63, 3.8) is 0 Å². The standard InChI is InChI=1S/C28H28FN3O2S/c1-31-23-15-16-35-25(23)17-24(31)28(34)32(18-19-11-13-21(29)14-12-19)26(20-7-3-2-4-8-20)27(33)30-22-9-5-6-10-22/h2-4,7-8,11-17,22,26H,5-6,9-10,18H2,1H3,(H,30,33). The molecule has 2 heterocycles. The van der Waals surface area contributed by atoms with Crippen molar-refractivity contribution in [1.82, 2.24) is 14.8 Å². The molecule has 180 valence electrons. The molecule has 2 aromatic carbocycles. The van der Waals surface area contributed by atoms with Crippen molar-refractivity contribution in [2.75, 3.05) is 0 Å². The fourth-order valence-electron chi connectivity index (χ4n) is 4.93. The zero-order valence-electron chi connectivity index (χ0n) is 19.6. The van der Waals surface area contributed by atoms with Crippen molar-refractivity contribution in [3.05, 3.63) is 94.7 Å². The van der Waals surface area contributed by atoms with Crippen molar-refractivity contribution in [3.8, 4) is 0 Å². The summed E-state index contributed by atoms with van der Waals surface area (Å²) < 4.78 is 16.5. The number of benzene rings is 2. The molecule has 1 saturated carbocycles. The summed E-state index contributed by atoms with van der Waals surface area (Å²) in [4.78, 5) is 29.5. The van der Waals surface area contributed by atoms with Crippen LogP contribution in [0.25, 0.3) is 10.2 Å². The Morgan fingerprint density at radius 1 is 1.09 bits per heavy atom. The second-order valence-corrected chi connectivity index (χ2v) is 10.1. The fourth-order valence-corrected chi connectivity index (χ4v) is 5.78. The molecule has 5 nitrogen and oxygen atoms in total. The molecule has 2 aromatic heterocycles. The molecule has 1 atom stereocenters. The first-order chi connectivity index (χ1) is 17.0. The lowest BCUT2D eigenvalue weighted by Gasteiger charge is -2.32. The molecule has 35 heavy (non-hydrogen) atoms. The topological polar surface area (TPSA) is 54.3 Å². The number of aryl methyl sites for hydroxylation is 1. The van der Waals surface area contributed by atoms with Crippen molar-refractivity contribution < 1.29 is 14.0 Å². The van der Waals surface area contributed by atoms with Gasteiger partial charge in [0.2, 0.25) is 5.91 Å². The lowest BCUT2D eigenvalue weighted by atomic mass is 10.0. The molecule has 1 unspecified atom stereocenters. The van der Waals surface area contributed by atoms with Crippen LogP contribution in [0.1, 0.15) is 53.3 Å². The van der Waals surface area contributed by atoms with Crippen LogP contribution in [0.2, 0.25) is 0 Å². The summed E-state index contributed by atoms with van der Waals surface area (Å²) >= 11 is 1.58. The van der Waals surface area contributed by atoms with E-state index in [1.54, 1.807) is 28.4 Å². The highest BCUT2D eigenvalue weighted by molar-refractivity contribution is 7.17. The number of halogens is 1. The molecule has 1 aliphatic carbocycles. The number of hydrogen-bond acceptors (Lipinski definition) is 3. The third-order valence-electron chi connectivity index (χ3n) is 6.79. The fraction of sp³-hybridized carbons (Fsp3) is 0.286. The van der Waals surface area contributed by atoms with Gasteiger partial charge in [0.25, 0.3) is 5.91 Å². The third kappa shape index (κ3) is 4.86. The molecule has 0 bridgehead atoms. The van der Waals surface area contributed by atoms with Crippen LogP contribution in [0.5, 0.6) is 0 Å². The lowest BCUT2D eigenvalue weighted by Crippen LogP contribution is -2.46. The number of rotatable bonds is 7. The van der Waals surface area contributed by atoms with Crippen LogP contribution in [-0.2, 0) is 18.4 Å². The van der Waals surface area contributed by atoms with Gasteiger partial charge >= 0.3 is 0 Å². The third-order valence-corrected chi connectivity index (χ3v) is 7.64. The van der Waals surface area contributed by atoms with Gasteiger partial charge in [0.05, 0.1) is 10.2 Å². The maximum absolute atomic E-state index is 14.1. The maximum Gasteiger partial charge on any atom is 0.271 e. The predicted octanol–water partition coefficient (Wildman–Crippen LogP) is 5.82. The summed E-state index contributed by atoms with van der Waals surface area (Å²) in [7, 11) is 1.87. The Morgan fingerprint density at radius 2 is 1.80 bits per heavy atom. The molecule has 0 spiro atoms. The van der Waals surface area contributed by atoms with E-state index < -0.39 is 6.04 Å². The molecule has 0 saturated heterocycles. The van der Waals surface area contributed by atoms with Crippen molar-refractivity contribution in [1.29, 1.82) is 0 Å². The Labute approximate surface area is 208 Å². The quantitative estimate of drug-likeness (QED) is 0.356. The van der Waals surface area contributed by atoms with Crippen LogP contribution < -0.4 is 5.32 Å². The summed E-state index contributed by atoms with van der Waals surface area (Å²) in [5.41, 5.74) is 3.00. The van der Waals surface area contributed by atoms with E-state index in [2.05, 4.69) is 5.32 Å². The number of carbonyl (C=O) groups is 2. The molecule has 2 amide bonds. The molecule has 1 N–H and O–H groups in total. The summed E-state index contributed by atoms with van der Waals surface area (Å²) in [5, 5.41) is 5.19. The van der Waals surface area contributed by atoms with Gasteiger partial charge in [-0.3, -0.25) is 9.59 Å². The Morgan fingerprint density at radius 3 is 2.49 bits per heavy atom. The number of aromatic nitrogens is 1. The highest BCUT2D eigenvalue weighted by Gasteiger charge is 2.35. The molecule has 7 heteroatoms. The van der Waals surface area contributed by atoms with Crippen molar-refractivity contribution >= 4 is 33.4 Å². The number of fused-ring (bicyclic) bond motifs is 1. The van der Waals surface area contributed by atoms with Crippen molar-refractivity contribution in [2.24, 2.45) is 7.05 Å². The first kappa shape index (κ1) is 23.3. The molecular weight excluding hydrogens is 461 g/mol. The molecule has 4 aromatic rings. The SMILES string of the molecule is Cn1c(C(=O)N(Cc2ccc(F)cc2)C(C(=O)NC2CCCC2)c2ccccc2)cc2sccc21. The molecule has 1 fully saturated rings. The highest BCUT2D eigenvalue weighted by Crippen LogP contribution is 2.30. The zero-order chi connectivity index (χ0) is 24.4. The van der Waals surface area contributed by atoms with Crippen LogP contribution in [0.15, 0.2) is 72.1 Å². The van der Waals surface area contributed by atoms with E-state index in [1.807, 2.05) is 59.5 Å². The largest absolute Gasteiger partial charge is 0.351 e. The normalized spacial score (nSPS) is 14.8. The van der Waals surface area contributed by atoms with Gasteiger partial charge in [-0.05, 0) is 53.6 Å². The van der Waals surface area contributed by atoms with Gasteiger partial charge in [-0.2, -0.15) is 0 Å². The highest BCUT2D eigenvalue weighted by atomic mass is 32.1. The van der Waals surface area contributed by atoms with Crippen LogP contribution in [-0.4, -0.2) is 27.3 Å². The number of nitrogens with one attached hydrogen (secondary N) is 1. The number of amides is 2. The Bertz CT molecular complexity index is 1320. The monoisotopic (exact) mass is 489 g/mol. The van der Waals surface area contributed by atoms with Crippen LogP contribution >= 0.6 is 11.3 Å². The lowest BCUT2D eigenvalue weighted by molar-refractivity contribution is -0.126. The number of nitrogens with zero attached hydrogens (tertiary/aromatic N) is 2. The van der Waals surface area contributed by atoms with E-state index in [0.29, 0.717) is 5.69 Å². The predicted molar refractivity (Wildman–Crippen MR) is 137 cm³/mol. The van der Waals surface area contributed by atoms with E-state index in [0.717, 1.165) is 47.0 Å². The van der Waals surface area contributed by atoms with Gasteiger partial charge in [-0.15, -0.1) is 11.3 Å². The van der Waals surface area contributed by atoms with E-state index in [9.17, 15) is 14.0 Å². The van der Waals surface area contributed by atoms with Crippen LogP contribution in [0.4, 0.5) is 4.39 Å². The number of thiophene rings is 1. The first-order valence-corrected chi connectivity index (χ1v) is 12.8.